The Hall–Kier alpha value is -2.83. The fraction of sp³-hybridized carbons (Fsp3) is 0.577. The van der Waals surface area contributed by atoms with Gasteiger partial charge < -0.3 is 10.1 Å². The second-order valence-corrected chi connectivity index (χ2v) is 10.6. The number of rotatable bonds is 4. The van der Waals surface area contributed by atoms with Crippen molar-refractivity contribution in [1.82, 2.24) is 15.1 Å². The van der Waals surface area contributed by atoms with E-state index in [0.717, 1.165) is 31.4 Å². The van der Waals surface area contributed by atoms with Gasteiger partial charge in [-0.15, -0.1) is 0 Å². The lowest BCUT2D eigenvalue weighted by Gasteiger charge is -2.43. The SMILES string of the molecule is COc1cccc(N2C(=O)c3cc(C(C)(C)C)nn3C[C@]2(C)C(=O)NC2CCCCCC2)c1. The van der Waals surface area contributed by atoms with Crippen molar-refractivity contribution in [3.05, 3.63) is 41.7 Å². The van der Waals surface area contributed by atoms with Crippen LogP contribution in [0.1, 0.15) is 82.4 Å². The monoisotopic (exact) mass is 452 g/mol. The number of aromatic nitrogens is 2. The van der Waals surface area contributed by atoms with Gasteiger partial charge in [-0.25, -0.2) is 0 Å². The Labute approximate surface area is 196 Å². The standard InChI is InChI=1S/C26H36N4O3/c1-25(2,3)22-16-21-23(31)30(19-13-10-14-20(15-19)33-5)26(4,17-29(21)28-22)24(32)27-18-11-8-6-7-9-12-18/h10,13-16,18H,6-9,11-12,17H2,1-5H3,(H,27,32)/t26-/m1/s1. The van der Waals surface area contributed by atoms with Crippen LogP contribution in [0.25, 0.3) is 0 Å². The lowest BCUT2D eigenvalue weighted by molar-refractivity contribution is -0.127. The maximum Gasteiger partial charge on any atom is 0.277 e. The van der Waals surface area contributed by atoms with Gasteiger partial charge in [0.25, 0.3) is 5.91 Å². The molecule has 2 aromatic rings. The molecule has 1 fully saturated rings. The normalized spacial score (nSPS) is 22.0. The molecule has 2 aliphatic rings. The maximum absolute atomic E-state index is 13.9. The van der Waals surface area contributed by atoms with Crippen LogP contribution in [0.3, 0.4) is 0 Å². The lowest BCUT2D eigenvalue weighted by Crippen LogP contribution is -2.65. The molecule has 1 aliphatic heterocycles. The second kappa shape index (κ2) is 8.84. The fourth-order valence-corrected chi connectivity index (χ4v) is 4.87. The molecular formula is C26H36N4O3. The molecule has 0 radical (unpaired) electrons. The van der Waals surface area contributed by atoms with E-state index in [0.29, 0.717) is 23.7 Å². The predicted octanol–water partition coefficient (Wildman–Crippen LogP) is 4.45. The molecule has 33 heavy (non-hydrogen) atoms. The van der Waals surface area contributed by atoms with E-state index in [1.165, 1.54) is 12.8 Å². The number of anilines is 1. The summed E-state index contributed by atoms with van der Waals surface area (Å²) in [5.74, 6) is 0.279. The van der Waals surface area contributed by atoms with E-state index < -0.39 is 5.54 Å². The number of hydrogen-bond acceptors (Lipinski definition) is 4. The highest BCUT2D eigenvalue weighted by Crippen LogP contribution is 2.36. The number of amides is 2. The molecule has 1 aromatic heterocycles. The van der Waals surface area contributed by atoms with Crippen LogP contribution in [0.5, 0.6) is 5.75 Å². The number of carbonyl (C=O) groups is 2. The number of hydrogen-bond donors (Lipinski definition) is 1. The summed E-state index contributed by atoms with van der Waals surface area (Å²) in [4.78, 5) is 29.3. The Morgan fingerprint density at radius 3 is 2.48 bits per heavy atom. The van der Waals surface area contributed by atoms with Crippen LogP contribution in [0.15, 0.2) is 30.3 Å². The van der Waals surface area contributed by atoms with Gasteiger partial charge in [0.05, 0.1) is 19.3 Å². The number of methoxy groups -OCH3 is 1. The van der Waals surface area contributed by atoms with E-state index in [2.05, 4.69) is 26.1 Å². The zero-order chi connectivity index (χ0) is 23.8. The molecule has 2 amide bonds. The fourth-order valence-electron chi connectivity index (χ4n) is 4.87. The number of ether oxygens (including phenoxy) is 1. The number of nitrogens with one attached hydrogen (secondary N) is 1. The Morgan fingerprint density at radius 1 is 1.15 bits per heavy atom. The van der Waals surface area contributed by atoms with Crippen LogP contribution < -0.4 is 15.0 Å². The molecule has 1 N–H and O–H groups in total. The van der Waals surface area contributed by atoms with Crippen LogP contribution in [0, 0.1) is 0 Å². The van der Waals surface area contributed by atoms with Gasteiger partial charge in [0, 0.05) is 23.2 Å². The molecule has 0 saturated heterocycles. The first kappa shape index (κ1) is 23.3. The third-order valence-corrected chi connectivity index (χ3v) is 6.91. The van der Waals surface area contributed by atoms with Crippen molar-refractivity contribution in [3.63, 3.8) is 0 Å². The van der Waals surface area contributed by atoms with Gasteiger partial charge in [0.15, 0.2) is 0 Å². The predicted molar refractivity (Wildman–Crippen MR) is 129 cm³/mol. The summed E-state index contributed by atoms with van der Waals surface area (Å²) in [5.41, 5.74) is 0.656. The van der Waals surface area contributed by atoms with Gasteiger partial charge in [-0.2, -0.15) is 5.10 Å². The van der Waals surface area contributed by atoms with E-state index in [9.17, 15) is 9.59 Å². The van der Waals surface area contributed by atoms with Gasteiger partial charge >= 0.3 is 0 Å². The maximum atomic E-state index is 13.9. The van der Waals surface area contributed by atoms with Crippen molar-refractivity contribution in [1.29, 1.82) is 0 Å². The van der Waals surface area contributed by atoms with Crippen molar-refractivity contribution in [3.8, 4) is 5.75 Å². The highest BCUT2D eigenvalue weighted by Gasteiger charge is 2.49. The first-order chi connectivity index (χ1) is 15.6. The Kier molecular flexibility index (Phi) is 6.25. The van der Waals surface area contributed by atoms with E-state index in [-0.39, 0.29) is 23.3 Å². The molecule has 1 atom stereocenters. The van der Waals surface area contributed by atoms with Crippen molar-refractivity contribution in [2.24, 2.45) is 0 Å². The lowest BCUT2D eigenvalue weighted by atomic mass is 9.91. The van der Waals surface area contributed by atoms with Crippen LogP contribution in [0.2, 0.25) is 0 Å². The summed E-state index contributed by atoms with van der Waals surface area (Å²) in [7, 11) is 1.60. The molecule has 0 spiro atoms. The van der Waals surface area contributed by atoms with Crippen molar-refractivity contribution in [2.45, 2.75) is 89.8 Å². The number of carbonyl (C=O) groups excluding carboxylic acids is 2. The minimum Gasteiger partial charge on any atom is -0.497 e. The molecular weight excluding hydrogens is 416 g/mol. The summed E-state index contributed by atoms with van der Waals surface area (Å²) < 4.78 is 7.12. The third kappa shape index (κ3) is 4.50. The summed E-state index contributed by atoms with van der Waals surface area (Å²) in [6, 6.07) is 9.35. The van der Waals surface area contributed by atoms with E-state index >= 15 is 0 Å². The minimum atomic E-state index is -1.12. The van der Waals surface area contributed by atoms with E-state index in [1.54, 1.807) is 16.7 Å². The summed E-state index contributed by atoms with van der Waals surface area (Å²) in [6.45, 7) is 8.36. The number of benzene rings is 1. The van der Waals surface area contributed by atoms with Crippen molar-refractivity contribution < 1.29 is 14.3 Å². The highest BCUT2D eigenvalue weighted by atomic mass is 16.5. The average Bonchev–Trinajstić information content (AvgIpc) is 3.04. The molecule has 178 valence electrons. The Bertz CT molecular complexity index is 1030. The molecule has 1 saturated carbocycles. The number of nitrogens with zero attached hydrogens (tertiary/aromatic N) is 3. The molecule has 4 rings (SSSR count). The molecule has 1 aromatic carbocycles. The van der Waals surface area contributed by atoms with Gasteiger partial charge in [0.2, 0.25) is 5.91 Å². The topological polar surface area (TPSA) is 76.5 Å². The van der Waals surface area contributed by atoms with Crippen LogP contribution in [-0.4, -0.2) is 40.3 Å². The second-order valence-electron chi connectivity index (χ2n) is 10.6. The minimum absolute atomic E-state index is 0.135. The zero-order valence-electron chi connectivity index (χ0n) is 20.5. The molecule has 7 heteroatoms. The van der Waals surface area contributed by atoms with E-state index in [4.69, 9.17) is 9.84 Å². The third-order valence-electron chi connectivity index (χ3n) is 6.91. The van der Waals surface area contributed by atoms with Crippen LogP contribution >= 0.6 is 0 Å². The molecule has 1 aliphatic carbocycles. The molecule has 0 unspecified atom stereocenters. The van der Waals surface area contributed by atoms with Crippen molar-refractivity contribution in [2.75, 3.05) is 12.0 Å². The number of fused-ring (bicyclic) bond motifs is 1. The van der Waals surface area contributed by atoms with Crippen LogP contribution in [-0.2, 0) is 16.8 Å². The van der Waals surface area contributed by atoms with Crippen LogP contribution in [0.4, 0.5) is 5.69 Å². The first-order valence-electron chi connectivity index (χ1n) is 12.0. The summed E-state index contributed by atoms with van der Waals surface area (Å²) >= 11 is 0. The Morgan fingerprint density at radius 2 is 1.85 bits per heavy atom. The molecule has 7 nitrogen and oxygen atoms in total. The first-order valence-corrected chi connectivity index (χ1v) is 12.0. The quantitative estimate of drug-likeness (QED) is 0.696. The van der Waals surface area contributed by atoms with Gasteiger partial charge in [0.1, 0.15) is 17.0 Å². The van der Waals surface area contributed by atoms with Gasteiger partial charge in [-0.3, -0.25) is 19.2 Å². The highest BCUT2D eigenvalue weighted by molar-refractivity contribution is 6.12. The van der Waals surface area contributed by atoms with Gasteiger partial charge in [-0.05, 0) is 38.0 Å². The van der Waals surface area contributed by atoms with Crippen molar-refractivity contribution >= 4 is 17.5 Å². The molecule has 2 heterocycles. The average molecular weight is 453 g/mol. The summed E-state index contributed by atoms with van der Waals surface area (Å²) in [5, 5.41) is 8.02. The smallest absolute Gasteiger partial charge is 0.277 e. The Balaban J connectivity index is 1.76. The van der Waals surface area contributed by atoms with E-state index in [1.807, 2.05) is 37.3 Å². The largest absolute Gasteiger partial charge is 0.497 e. The summed E-state index contributed by atoms with van der Waals surface area (Å²) in [6.07, 6.45) is 6.64. The van der Waals surface area contributed by atoms with Gasteiger partial charge in [-0.1, -0.05) is 52.5 Å². The molecule has 0 bridgehead atoms. The zero-order valence-corrected chi connectivity index (χ0v) is 20.5.